The molecule has 1 aromatic carbocycles. The summed E-state index contributed by atoms with van der Waals surface area (Å²) in [5, 5.41) is 10.3. The number of pyridine rings is 1. The predicted octanol–water partition coefficient (Wildman–Crippen LogP) is 4.85. The van der Waals surface area contributed by atoms with Crippen LogP contribution in [0.4, 0.5) is 0 Å². The quantitative estimate of drug-likeness (QED) is 0.597. The van der Waals surface area contributed by atoms with Gasteiger partial charge in [0.2, 0.25) is 0 Å². The summed E-state index contributed by atoms with van der Waals surface area (Å²) in [5.74, 6) is 0.554. The van der Waals surface area contributed by atoms with E-state index in [0.29, 0.717) is 18.2 Å². The highest BCUT2D eigenvalue weighted by Crippen LogP contribution is 2.31. The molecule has 0 radical (unpaired) electrons. The van der Waals surface area contributed by atoms with Gasteiger partial charge in [0.15, 0.2) is 0 Å². The molecule has 5 rings (SSSR count). The summed E-state index contributed by atoms with van der Waals surface area (Å²) in [6.45, 7) is 2.50. The number of hydrogen-bond donors (Lipinski definition) is 0. The van der Waals surface area contributed by atoms with E-state index in [1.807, 2.05) is 24.4 Å². The van der Waals surface area contributed by atoms with E-state index in [-0.39, 0.29) is 5.92 Å². The zero-order valence-electron chi connectivity index (χ0n) is 18.0. The largest absolute Gasteiger partial charge is 0.300 e. The molecule has 5 heteroatoms. The number of fused-ring (bicyclic) bond motifs is 1. The Labute approximate surface area is 183 Å². The zero-order valence-corrected chi connectivity index (χ0v) is 18.0. The second-order valence-corrected chi connectivity index (χ2v) is 9.09. The van der Waals surface area contributed by atoms with Crippen LogP contribution < -0.4 is 0 Å². The Morgan fingerprint density at radius 2 is 1.81 bits per heavy atom. The summed E-state index contributed by atoms with van der Waals surface area (Å²) in [5.41, 5.74) is 2.75. The first kappa shape index (κ1) is 20.3. The molecule has 2 aromatic heterocycles. The Kier molecular flexibility index (Phi) is 6.03. The fourth-order valence-electron chi connectivity index (χ4n) is 5.27. The molecule has 2 aliphatic rings. The highest BCUT2D eigenvalue weighted by atomic mass is 16.1. The van der Waals surface area contributed by atoms with Crippen molar-refractivity contribution in [2.45, 2.75) is 57.4 Å². The molecule has 1 aliphatic heterocycles. The van der Waals surface area contributed by atoms with Crippen LogP contribution in [0.5, 0.6) is 0 Å². The van der Waals surface area contributed by atoms with E-state index in [1.54, 1.807) is 6.20 Å². The topological polar surface area (TPSA) is 59.0 Å². The maximum Gasteiger partial charge on any atom is 0.141 e. The van der Waals surface area contributed by atoms with Gasteiger partial charge in [0.25, 0.3) is 0 Å². The smallest absolute Gasteiger partial charge is 0.141 e. The van der Waals surface area contributed by atoms with Crippen molar-refractivity contribution in [2.75, 3.05) is 13.1 Å². The van der Waals surface area contributed by atoms with Crippen LogP contribution >= 0.6 is 0 Å². The third-order valence-electron chi connectivity index (χ3n) is 7.06. The van der Waals surface area contributed by atoms with E-state index < -0.39 is 0 Å². The molecular formula is C26H30N4O. The molecule has 0 N–H and O–H groups in total. The molecule has 0 unspecified atom stereocenters. The fourth-order valence-corrected chi connectivity index (χ4v) is 5.27. The van der Waals surface area contributed by atoms with Gasteiger partial charge in [-0.3, -0.25) is 9.78 Å². The van der Waals surface area contributed by atoms with Gasteiger partial charge in [-0.1, -0.05) is 18.6 Å². The van der Waals surface area contributed by atoms with Crippen molar-refractivity contribution in [3.05, 3.63) is 54.5 Å². The molecule has 0 atom stereocenters. The molecule has 0 bridgehead atoms. The van der Waals surface area contributed by atoms with E-state index >= 15 is 0 Å². The van der Waals surface area contributed by atoms with E-state index in [2.05, 4.69) is 38.3 Å². The van der Waals surface area contributed by atoms with Crippen molar-refractivity contribution < 1.29 is 4.79 Å². The van der Waals surface area contributed by atoms with E-state index in [9.17, 15) is 4.79 Å². The summed E-state index contributed by atoms with van der Waals surface area (Å²) in [7, 11) is 0. The number of piperidine rings is 1. The van der Waals surface area contributed by atoms with Crippen LogP contribution in [0.15, 0.2) is 48.8 Å². The normalized spacial score (nSPS) is 22.5. The number of rotatable bonds is 5. The summed E-state index contributed by atoms with van der Waals surface area (Å²) >= 11 is 0. The number of benzene rings is 1. The van der Waals surface area contributed by atoms with Crippen LogP contribution in [0.25, 0.3) is 22.0 Å². The summed E-state index contributed by atoms with van der Waals surface area (Å²) in [6, 6.07) is 12.8. The van der Waals surface area contributed by atoms with Gasteiger partial charge in [0.1, 0.15) is 5.78 Å². The molecule has 1 aliphatic carbocycles. The first-order valence-corrected chi connectivity index (χ1v) is 11.7. The summed E-state index contributed by atoms with van der Waals surface area (Å²) in [6.07, 6.45) is 12.5. The molecule has 1 saturated heterocycles. The second kappa shape index (κ2) is 9.23. The van der Waals surface area contributed by atoms with Crippen molar-refractivity contribution in [3.8, 4) is 11.3 Å². The Morgan fingerprint density at radius 1 is 0.968 bits per heavy atom. The first-order chi connectivity index (χ1) is 15.3. The Morgan fingerprint density at radius 3 is 2.58 bits per heavy atom. The van der Waals surface area contributed by atoms with Crippen LogP contribution in [0.2, 0.25) is 0 Å². The fraction of sp³-hybridized carbons (Fsp3) is 0.462. The number of likely N-dealkylation sites (tertiary alicyclic amines) is 1. The lowest BCUT2D eigenvalue weighted by molar-refractivity contribution is -0.123. The lowest BCUT2D eigenvalue weighted by atomic mass is 9.81. The maximum absolute atomic E-state index is 13.0. The van der Waals surface area contributed by atoms with E-state index in [4.69, 9.17) is 0 Å². The van der Waals surface area contributed by atoms with Crippen molar-refractivity contribution in [2.24, 2.45) is 5.92 Å². The van der Waals surface area contributed by atoms with Crippen LogP contribution in [-0.4, -0.2) is 45.0 Å². The van der Waals surface area contributed by atoms with Gasteiger partial charge < -0.3 is 4.90 Å². The van der Waals surface area contributed by atoms with Gasteiger partial charge >= 0.3 is 0 Å². The number of carbonyl (C=O) groups excluding carboxylic acids is 1. The van der Waals surface area contributed by atoms with E-state index in [0.717, 1.165) is 40.6 Å². The monoisotopic (exact) mass is 414 g/mol. The molecule has 0 spiro atoms. The minimum Gasteiger partial charge on any atom is -0.300 e. The van der Waals surface area contributed by atoms with Crippen LogP contribution in [0.3, 0.4) is 0 Å². The molecule has 31 heavy (non-hydrogen) atoms. The standard InChI is InChI=1S/C26H30N4O/c31-26(19-8-10-24(11-9-19)30-13-2-1-3-14-30)17-23-16-22-15-20(6-7-21(22)18-27-23)25-5-4-12-28-29-25/h4-7,12,15-16,18-19,24H,1-3,8-11,13-14,17H2. The molecule has 0 amide bonds. The van der Waals surface area contributed by atoms with Gasteiger partial charge in [-0.05, 0) is 81.3 Å². The third-order valence-corrected chi connectivity index (χ3v) is 7.06. The minimum atomic E-state index is 0.199. The van der Waals surface area contributed by atoms with Crippen molar-refractivity contribution in [3.63, 3.8) is 0 Å². The lowest BCUT2D eigenvalue weighted by Gasteiger charge is -2.38. The van der Waals surface area contributed by atoms with Crippen LogP contribution in [0.1, 0.15) is 50.6 Å². The highest BCUT2D eigenvalue weighted by molar-refractivity contribution is 5.88. The zero-order chi connectivity index (χ0) is 21.0. The molecule has 1 saturated carbocycles. The van der Waals surface area contributed by atoms with Gasteiger partial charge in [-0.25, -0.2) is 0 Å². The maximum atomic E-state index is 13.0. The molecule has 2 fully saturated rings. The molecule has 160 valence electrons. The Bertz CT molecular complexity index is 1040. The van der Waals surface area contributed by atoms with Gasteiger partial charge in [-0.15, -0.1) is 0 Å². The van der Waals surface area contributed by atoms with Gasteiger partial charge in [0, 0.05) is 47.4 Å². The second-order valence-electron chi connectivity index (χ2n) is 9.09. The third kappa shape index (κ3) is 4.67. The SMILES string of the molecule is O=C(Cc1cc2cc(-c3cccnn3)ccc2cn1)C1CCC(N2CCCCC2)CC1. The number of ketones is 1. The molecule has 3 heterocycles. The van der Waals surface area contributed by atoms with Crippen molar-refractivity contribution >= 4 is 16.6 Å². The minimum absolute atomic E-state index is 0.199. The number of carbonyl (C=O) groups is 1. The van der Waals surface area contributed by atoms with Crippen molar-refractivity contribution in [1.29, 1.82) is 0 Å². The average molecular weight is 415 g/mol. The lowest BCUT2D eigenvalue weighted by Crippen LogP contribution is -2.42. The Balaban J connectivity index is 1.24. The summed E-state index contributed by atoms with van der Waals surface area (Å²) in [4.78, 5) is 20.2. The molecule has 5 nitrogen and oxygen atoms in total. The number of aromatic nitrogens is 3. The highest BCUT2D eigenvalue weighted by Gasteiger charge is 2.29. The number of Topliss-reactive ketones (excluding diaryl/α,β-unsaturated/α-hetero) is 1. The molecular weight excluding hydrogens is 384 g/mol. The van der Waals surface area contributed by atoms with Gasteiger partial charge in [0.05, 0.1) is 5.69 Å². The summed E-state index contributed by atoms with van der Waals surface area (Å²) < 4.78 is 0. The van der Waals surface area contributed by atoms with E-state index in [1.165, 1.54) is 45.2 Å². The van der Waals surface area contributed by atoms with Crippen molar-refractivity contribution in [1.82, 2.24) is 20.1 Å². The Hall–Kier alpha value is -2.66. The first-order valence-electron chi connectivity index (χ1n) is 11.7. The van der Waals surface area contributed by atoms with Gasteiger partial charge in [-0.2, -0.15) is 10.2 Å². The number of nitrogens with zero attached hydrogens (tertiary/aromatic N) is 4. The van der Waals surface area contributed by atoms with Crippen LogP contribution in [0, 0.1) is 5.92 Å². The predicted molar refractivity (Wildman–Crippen MR) is 123 cm³/mol. The van der Waals surface area contributed by atoms with Crippen LogP contribution in [-0.2, 0) is 11.2 Å². The average Bonchev–Trinajstić information content (AvgIpc) is 2.85. The molecule has 3 aromatic rings. The number of hydrogen-bond acceptors (Lipinski definition) is 5.